The molecule has 0 aromatic carbocycles. The first-order chi connectivity index (χ1) is 7.97. The maximum Gasteiger partial charge on any atom is 0.271 e. The van der Waals surface area contributed by atoms with Gasteiger partial charge in [-0.3, -0.25) is 9.48 Å². The van der Waals surface area contributed by atoms with Crippen molar-refractivity contribution in [3.05, 3.63) is 11.4 Å². The first-order valence-electron chi connectivity index (χ1n) is 5.76. The maximum absolute atomic E-state index is 11.9. The van der Waals surface area contributed by atoms with E-state index in [0.29, 0.717) is 36.6 Å². The van der Waals surface area contributed by atoms with Crippen LogP contribution in [0.3, 0.4) is 0 Å². The van der Waals surface area contributed by atoms with Crippen molar-refractivity contribution in [1.82, 2.24) is 15.1 Å². The molecular formula is C11H20N4O2. The summed E-state index contributed by atoms with van der Waals surface area (Å²) in [5.74, 6) is -0.245. The van der Waals surface area contributed by atoms with Gasteiger partial charge in [-0.05, 0) is 27.2 Å². The quantitative estimate of drug-likeness (QED) is 0.689. The van der Waals surface area contributed by atoms with Crippen molar-refractivity contribution < 1.29 is 9.90 Å². The van der Waals surface area contributed by atoms with Gasteiger partial charge < -0.3 is 16.2 Å². The van der Waals surface area contributed by atoms with Crippen molar-refractivity contribution in [1.29, 1.82) is 0 Å². The van der Waals surface area contributed by atoms with Crippen molar-refractivity contribution in [3.63, 3.8) is 0 Å². The Labute approximate surface area is 101 Å². The number of nitrogens with two attached hydrogens (primary N) is 1. The van der Waals surface area contributed by atoms with E-state index in [0.717, 1.165) is 0 Å². The molecule has 1 unspecified atom stereocenters. The predicted molar refractivity (Wildman–Crippen MR) is 65.7 cm³/mol. The minimum atomic E-state index is -0.425. The molecule has 6 nitrogen and oxygen atoms in total. The molecule has 1 aromatic rings. The first kappa shape index (κ1) is 13.5. The number of aliphatic hydroxyl groups is 1. The Morgan fingerprint density at radius 1 is 1.65 bits per heavy atom. The molecule has 17 heavy (non-hydrogen) atoms. The zero-order chi connectivity index (χ0) is 13.0. The van der Waals surface area contributed by atoms with Crippen LogP contribution < -0.4 is 11.1 Å². The molecule has 0 aliphatic carbocycles. The number of nitrogens with zero attached hydrogens (tertiary/aromatic N) is 2. The SMILES string of the molecule is CCn1nc(C)c(N)c1C(=O)NCCC(C)O. The molecule has 0 aliphatic heterocycles. The molecule has 6 heteroatoms. The Bertz CT molecular complexity index is 398. The minimum Gasteiger partial charge on any atom is -0.395 e. The van der Waals surface area contributed by atoms with Gasteiger partial charge in [-0.25, -0.2) is 0 Å². The number of hydrogen-bond donors (Lipinski definition) is 3. The van der Waals surface area contributed by atoms with Crippen molar-refractivity contribution >= 4 is 11.6 Å². The van der Waals surface area contributed by atoms with Gasteiger partial charge >= 0.3 is 0 Å². The molecule has 0 radical (unpaired) electrons. The number of nitrogens with one attached hydrogen (secondary N) is 1. The molecule has 1 amide bonds. The molecule has 1 atom stereocenters. The van der Waals surface area contributed by atoms with E-state index in [1.165, 1.54) is 0 Å². The normalized spacial score (nSPS) is 12.5. The zero-order valence-electron chi connectivity index (χ0n) is 10.5. The lowest BCUT2D eigenvalue weighted by Crippen LogP contribution is -2.29. The summed E-state index contributed by atoms with van der Waals surface area (Å²) in [6.45, 7) is 6.37. The molecule has 1 heterocycles. The standard InChI is InChI=1S/C11H20N4O2/c1-4-15-10(9(12)8(3)14-15)11(17)13-6-5-7(2)16/h7,16H,4-6,12H2,1-3H3,(H,13,17). The molecule has 0 saturated heterocycles. The maximum atomic E-state index is 11.9. The Kier molecular flexibility index (Phi) is 4.51. The summed E-state index contributed by atoms with van der Waals surface area (Å²) in [6, 6.07) is 0. The largest absolute Gasteiger partial charge is 0.395 e. The van der Waals surface area contributed by atoms with Gasteiger partial charge in [0, 0.05) is 13.1 Å². The van der Waals surface area contributed by atoms with E-state index >= 15 is 0 Å². The smallest absolute Gasteiger partial charge is 0.271 e. The van der Waals surface area contributed by atoms with Crippen LogP contribution in [0, 0.1) is 6.92 Å². The van der Waals surface area contributed by atoms with Crippen LogP contribution in [0.1, 0.15) is 36.5 Å². The van der Waals surface area contributed by atoms with E-state index in [-0.39, 0.29) is 5.91 Å². The van der Waals surface area contributed by atoms with E-state index in [9.17, 15) is 4.79 Å². The van der Waals surface area contributed by atoms with Crippen LogP contribution in [-0.4, -0.2) is 33.4 Å². The van der Waals surface area contributed by atoms with Crippen molar-refractivity contribution in [2.75, 3.05) is 12.3 Å². The highest BCUT2D eigenvalue weighted by Gasteiger charge is 2.18. The molecule has 96 valence electrons. The summed E-state index contributed by atoms with van der Waals surface area (Å²) >= 11 is 0. The van der Waals surface area contributed by atoms with Crippen LogP contribution in [0.4, 0.5) is 5.69 Å². The Morgan fingerprint density at radius 2 is 2.29 bits per heavy atom. The lowest BCUT2D eigenvalue weighted by molar-refractivity contribution is 0.0936. The van der Waals surface area contributed by atoms with Crippen molar-refractivity contribution in [2.24, 2.45) is 0 Å². The highest BCUT2D eigenvalue weighted by Crippen LogP contribution is 2.15. The van der Waals surface area contributed by atoms with Crippen molar-refractivity contribution in [2.45, 2.75) is 39.8 Å². The van der Waals surface area contributed by atoms with Crippen LogP contribution >= 0.6 is 0 Å². The summed E-state index contributed by atoms with van der Waals surface area (Å²) in [7, 11) is 0. The molecule has 4 N–H and O–H groups in total. The Hall–Kier alpha value is -1.56. The zero-order valence-corrected chi connectivity index (χ0v) is 10.5. The van der Waals surface area contributed by atoms with Crippen LogP contribution in [0.15, 0.2) is 0 Å². The lowest BCUT2D eigenvalue weighted by Gasteiger charge is -2.08. The Balaban J connectivity index is 2.74. The molecule has 1 aromatic heterocycles. The number of carbonyl (C=O) groups excluding carboxylic acids is 1. The fourth-order valence-electron chi connectivity index (χ4n) is 1.54. The minimum absolute atomic E-state index is 0.245. The highest BCUT2D eigenvalue weighted by molar-refractivity contribution is 5.97. The fourth-order valence-corrected chi connectivity index (χ4v) is 1.54. The molecule has 1 rings (SSSR count). The third-order valence-electron chi connectivity index (χ3n) is 2.54. The van der Waals surface area contributed by atoms with Gasteiger partial charge in [-0.2, -0.15) is 5.10 Å². The van der Waals surface area contributed by atoms with Gasteiger partial charge in [0.2, 0.25) is 0 Å². The van der Waals surface area contributed by atoms with Crippen molar-refractivity contribution in [3.8, 4) is 0 Å². The van der Waals surface area contributed by atoms with Crippen LogP contribution in [0.2, 0.25) is 0 Å². The number of aromatic nitrogens is 2. The van der Waals surface area contributed by atoms with E-state index < -0.39 is 6.10 Å². The average molecular weight is 240 g/mol. The molecule has 0 spiro atoms. The van der Waals surface area contributed by atoms with Gasteiger partial charge in [-0.15, -0.1) is 0 Å². The summed E-state index contributed by atoms with van der Waals surface area (Å²) in [6.07, 6.45) is 0.0932. The summed E-state index contributed by atoms with van der Waals surface area (Å²) in [4.78, 5) is 11.9. The second kappa shape index (κ2) is 5.67. The van der Waals surface area contributed by atoms with Gasteiger partial charge in [0.15, 0.2) is 0 Å². The summed E-state index contributed by atoms with van der Waals surface area (Å²) in [5.41, 5.74) is 7.29. The number of amides is 1. The first-order valence-corrected chi connectivity index (χ1v) is 5.76. The molecule has 0 bridgehead atoms. The number of aryl methyl sites for hydroxylation is 2. The summed E-state index contributed by atoms with van der Waals surface area (Å²) < 4.78 is 1.59. The number of rotatable bonds is 5. The molecular weight excluding hydrogens is 220 g/mol. The van der Waals surface area contributed by atoms with Crippen LogP contribution in [-0.2, 0) is 6.54 Å². The number of carbonyl (C=O) groups is 1. The van der Waals surface area contributed by atoms with Crippen LogP contribution in [0.25, 0.3) is 0 Å². The topological polar surface area (TPSA) is 93.2 Å². The molecule has 0 fully saturated rings. The third-order valence-corrected chi connectivity index (χ3v) is 2.54. The van der Waals surface area contributed by atoms with E-state index in [4.69, 9.17) is 10.8 Å². The molecule has 0 saturated carbocycles. The number of aliphatic hydroxyl groups excluding tert-OH is 1. The number of nitrogen functional groups attached to an aromatic ring is 1. The molecule has 0 aliphatic rings. The second-order valence-electron chi connectivity index (χ2n) is 4.06. The highest BCUT2D eigenvalue weighted by atomic mass is 16.3. The number of anilines is 1. The van der Waals surface area contributed by atoms with E-state index in [1.807, 2.05) is 6.92 Å². The van der Waals surface area contributed by atoms with Gasteiger partial charge in [0.1, 0.15) is 5.69 Å². The van der Waals surface area contributed by atoms with Gasteiger partial charge in [0.25, 0.3) is 5.91 Å². The average Bonchev–Trinajstić information content (AvgIpc) is 2.54. The van der Waals surface area contributed by atoms with E-state index in [2.05, 4.69) is 10.4 Å². The predicted octanol–water partition coefficient (Wildman–Crippen LogP) is 0.294. The second-order valence-corrected chi connectivity index (χ2v) is 4.06. The number of hydrogen-bond acceptors (Lipinski definition) is 4. The van der Waals surface area contributed by atoms with Gasteiger partial charge in [0.05, 0.1) is 17.5 Å². The lowest BCUT2D eigenvalue weighted by atomic mass is 10.2. The van der Waals surface area contributed by atoms with E-state index in [1.54, 1.807) is 18.5 Å². The third kappa shape index (κ3) is 3.20. The monoisotopic (exact) mass is 240 g/mol. The van der Waals surface area contributed by atoms with Gasteiger partial charge in [-0.1, -0.05) is 0 Å². The fraction of sp³-hybridized carbons (Fsp3) is 0.636. The van der Waals surface area contributed by atoms with Crippen LogP contribution in [0.5, 0.6) is 0 Å². The summed E-state index contributed by atoms with van der Waals surface area (Å²) in [5, 5.41) is 16.0. The Morgan fingerprint density at radius 3 is 2.82 bits per heavy atom.